The number of nitrogens with zero attached hydrogens (tertiary/aromatic N) is 1. The van der Waals surface area contributed by atoms with Gasteiger partial charge in [-0.15, -0.1) is 0 Å². The monoisotopic (exact) mass is 193 g/mol. The average molecular weight is 193 g/mol. The molecule has 1 amide bonds. The summed E-state index contributed by atoms with van der Waals surface area (Å²) >= 11 is 0. The molecule has 1 atom stereocenters. The minimum atomic E-state index is -0.606. The Balaban J connectivity index is 2.59. The first-order valence-corrected chi connectivity index (χ1v) is 4.56. The van der Waals surface area contributed by atoms with Gasteiger partial charge < -0.3 is 10.0 Å². The highest BCUT2D eigenvalue weighted by Gasteiger charge is 2.11. The highest BCUT2D eigenvalue weighted by atomic mass is 16.3. The van der Waals surface area contributed by atoms with Crippen molar-refractivity contribution in [3.63, 3.8) is 0 Å². The maximum atomic E-state index is 10.9. The minimum absolute atomic E-state index is 0.0417. The van der Waals surface area contributed by atoms with Crippen molar-refractivity contribution in [1.29, 1.82) is 0 Å². The Labute approximate surface area is 84.0 Å². The lowest BCUT2D eigenvalue weighted by Crippen LogP contribution is -2.28. The summed E-state index contributed by atoms with van der Waals surface area (Å²) in [5.74, 6) is -0.0417. The number of carbonyl (C=O) groups is 1. The molecule has 3 heteroatoms. The van der Waals surface area contributed by atoms with Crippen molar-refractivity contribution in [2.45, 2.75) is 13.0 Å². The van der Waals surface area contributed by atoms with E-state index in [4.69, 9.17) is 0 Å². The molecule has 0 aliphatic carbocycles. The summed E-state index contributed by atoms with van der Waals surface area (Å²) < 4.78 is 0. The summed E-state index contributed by atoms with van der Waals surface area (Å²) in [5, 5.41) is 9.75. The molecule has 0 saturated carbocycles. The third-order valence-corrected chi connectivity index (χ3v) is 2.17. The van der Waals surface area contributed by atoms with E-state index in [0.29, 0.717) is 6.54 Å². The van der Waals surface area contributed by atoms with Crippen molar-refractivity contribution >= 4 is 5.91 Å². The molecule has 3 nitrogen and oxygen atoms in total. The second kappa shape index (κ2) is 4.77. The number of aliphatic hydroxyl groups excluding tert-OH is 1. The lowest BCUT2D eigenvalue weighted by Gasteiger charge is -2.19. The third-order valence-electron chi connectivity index (χ3n) is 2.17. The van der Waals surface area contributed by atoms with Crippen LogP contribution in [0.2, 0.25) is 0 Å². The van der Waals surface area contributed by atoms with E-state index in [1.165, 1.54) is 11.8 Å². The van der Waals surface area contributed by atoms with E-state index in [0.717, 1.165) is 5.56 Å². The predicted molar refractivity (Wildman–Crippen MR) is 54.7 cm³/mol. The lowest BCUT2D eigenvalue weighted by atomic mass is 10.1. The van der Waals surface area contributed by atoms with Gasteiger partial charge >= 0.3 is 0 Å². The van der Waals surface area contributed by atoms with E-state index >= 15 is 0 Å². The van der Waals surface area contributed by atoms with Crippen molar-refractivity contribution in [3.05, 3.63) is 35.9 Å². The number of amides is 1. The van der Waals surface area contributed by atoms with E-state index in [1.807, 2.05) is 30.3 Å². The molecular weight excluding hydrogens is 178 g/mol. The van der Waals surface area contributed by atoms with Gasteiger partial charge in [-0.2, -0.15) is 0 Å². The first kappa shape index (κ1) is 10.7. The molecule has 1 unspecified atom stereocenters. The quantitative estimate of drug-likeness (QED) is 0.783. The van der Waals surface area contributed by atoms with Crippen LogP contribution in [-0.2, 0) is 4.79 Å². The van der Waals surface area contributed by atoms with Crippen LogP contribution in [0.3, 0.4) is 0 Å². The smallest absolute Gasteiger partial charge is 0.219 e. The Hall–Kier alpha value is -1.35. The van der Waals surface area contributed by atoms with Gasteiger partial charge in [-0.05, 0) is 5.56 Å². The highest BCUT2D eigenvalue weighted by molar-refractivity contribution is 5.72. The zero-order valence-corrected chi connectivity index (χ0v) is 8.47. The summed E-state index contributed by atoms with van der Waals surface area (Å²) in [7, 11) is 1.68. The molecule has 14 heavy (non-hydrogen) atoms. The second-order valence-corrected chi connectivity index (χ2v) is 3.33. The van der Waals surface area contributed by atoms with Crippen LogP contribution in [0.4, 0.5) is 0 Å². The predicted octanol–water partition coefficient (Wildman–Crippen LogP) is 1.20. The molecule has 1 aromatic rings. The van der Waals surface area contributed by atoms with Gasteiger partial charge in [0.1, 0.15) is 0 Å². The number of hydrogen-bond acceptors (Lipinski definition) is 2. The molecule has 1 N–H and O–H groups in total. The van der Waals surface area contributed by atoms with Crippen LogP contribution in [0.25, 0.3) is 0 Å². The van der Waals surface area contributed by atoms with Gasteiger partial charge in [-0.1, -0.05) is 30.3 Å². The Bertz CT molecular complexity index is 297. The van der Waals surface area contributed by atoms with Crippen molar-refractivity contribution in [2.75, 3.05) is 13.6 Å². The van der Waals surface area contributed by atoms with Crippen LogP contribution < -0.4 is 0 Å². The zero-order valence-electron chi connectivity index (χ0n) is 8.47. The van der Waals surface area contributed by atoms with Crippen LogP contribution in [0.15, 0.2) is 30.3 Å². The number of likely N-dealkylation sites (N-methyl/N-ethyl adjacent to an activating group) is 1. The largest absolute Gasteiger partial charge is 0.387 e. The maximum absolute atomic E-state index is 10.9. The van der Waals surface area contributed by atoms with Gasteiger partial charge in [0, 0.05) is 14.0 Å². The first-order chi connectivity index (χ1) is 6.61. The van der Waals surface area contributed by atoms with Crippen LogP contribution >= 0.6 is 0 Å². The van der Waals surface area contributed by atoms with E-state index in [1.54, 1.807) is 7.05 Å². The van der Waals surface area contributed by atoms with E-state index < -0.39 is 6.10 Å². The van der Waals surface area contributed by atoms with Gasteiger partial charge in [-0.3, -0.25) is 4.79 Å². The van der Waals surface area contributed by atoms with E-state index in [-0.39, 0.29) is 5.91 Å². The maximum Gasteiger partial charge on any atom is 0.219 e. The first-order valence-electron chi connectivity index (χ1n) is 4.56. The molecule has 0 aliphatic heterocycles. The molecule has 76 valence electrons. The lowest BCUT2D eigenvalue weighted by molar-refractivity contribution is -0.128. The number of rotatable bonds is 3. The third kappa shape index (κ3) is 2.85. The normalized spacial score (nSPS) is 12.2. The molecule has 0 aliphatic rings. The Morgan fingerprint density at radius 2 is 2.00 bits per heavy atom. The number of aliphatic hydroxyl groups is 1. The fourth-order valence-electron chi connectivity index (χ4n) is 1.17. The van der Waals surface area contributed by atoms with Crippen LogP contribution in [0, 0.1) is 0 Å². The summed E-state index contributed by atoms with van der Waals surface area (Å²) in [6.45, 7) is 1.82. The standard InChI is InChI=1S/C11H15NO2/c1-9(13)12(2)8-11(14)10-6-4-3-5-7-10/h3-7,11,14H,8H2,1-2H3. The van der Waals surface area contributed by atoms with Gasteiger partial charge in [0.15, 0.2) is 0 Å². The molecule has 0 fully saturated rings. The fourth-order valence-corrected chi connectivity index (χ4v) is 1.17. The average Bonchev–Trinajstić information content (AvgIpc) is 2.19. The SMILES string of the molecule is CC(=O)N(C)CC(O)c1ccccc1. The van der Waals surface area contributed by atoms with Crippen molar-refractivity contribution in [3.8, 4) is 0 Å². The van der Waals surface area contributed by atoms with Crippen molar-refractivity contribution in [1.82, 2.24) is 4.90 Å². The molecule has 0 heterocycles. The van der Waals surface area contributed by atoms with Crippen LogP contribution in [0.5, 0.6) is 0 Å². The topological polar surface area (TPSA) is 40.5 Å². The molecule has 0 aromatic heterocycles. The second-order valence-electron chi connectivity index (χ2n) is 3.33. The van der Waals surface area contributed by atoms with Gasteiger partial charge in [0.05, 0.1) is 12.6 Å². The van der Waals surface area contributed by atoms with Gasteiger partial charge in [-0.25, -0.2) is 0 Å². The Kier molecular flexibility index (Phi) is 3.65. The fraction of sp³-hybridized carbons (Fsp3) is 0.364. The van der Waals surface area contributed by atoms with E-state index in [9.17, 15) is 9.90 Å². The summed E-state index contributed by atoms with van der Waals surface area (Å²) in [4.78, 5) is 12.4. The van der Waals surface area contributed by atoms with Crippen molar-refractivity contribution < 1.29 is 9.90 Å². The molecule has 1 aromatic carbocycles. The minimum Gasteiger partial charge on any atom is -0.387 e. The molecule has 1 rings (SSSR count). The Morgan fingerprint density at radius 1 is 1.43 bits per heavy atom. The summed E-state index contributed by atoms with van der Waals surface area (Å²) in [5.41, 5.74) is 0.834. The number of hydrogen-bond donors (Lipinski definition) is 1. The van der Waals surface area contributed by atoms with Gasteiger partial charge in [0.25, 0.3) is 0 Å². The highest BCUT2D eigenvalue weighted by Crippen LogP contribution is 2.12. The summed E-state index contributed by atoms with van der Waals surface area (Å²) in [6.07, 6.45) is -0.606. The summed E-state index contributed by atoms with van der Waals surface area (Å²) in [6, 6.07) is 9.32. The molecule has 0 radical (unpaired) electrons. The molecular formula is C11H15NO2. The van der Waals surface area contributed by atoms with Crippen LogP contribution in [-0.4, -0.2) is 29.5 Å². The van der Waals surface area contributed by atoms with Crippen LogP contribution in [0.1, 0.15) is 18.6 Å². The van der Waals surface area contributed by atoms with Crippen molar-refractivity contribution in [2.24, 2.45) is 0 Å². The Morgan fingerprint density at radius 3 is 2.50 bits per heavy atom. The zero-order chi connectivity index (χ0) is 10.6. The van der Waals surface area contributed by atoms with E-state index in [2.05, 4.69) is 0 Å². The molecule has 0 spiro atoms. The molecule has 0 bridgehead atoms. The number of benzene rings is 1. The van der Waals surface area contributed by atoms with Gasteiger partial charge in [0.2, 0.25) is 5.91 Å². The molecule has 0 saturated heterocycles. The number of carbonyl (C=O) groups excluding carboxylic acids is 1.